The number of methoxy groups -OCH3 is 2. The van der Waals surface area contributed by atoms with E-state index in [1.165, 1.54) is 0 Å². The second-order valence-electron chi connectivity index (χ2n) is 4.62. The predicted molar refractivity (Wildman–Crippen MR) is 80.6 cm³/mol. The number of benzene rings is 2. The molecule has 0 heterocycles. The van der Waals surface area contributed by atoms with Gasteiger partial charge in [-0.1, -0.05) is 30.3 Å². The van der Waals surface area contributed by atoms with Crippen molar-refractivity contribution in [1.29, 1.82) is 0 Å². The van der Waals surface area contributed by atoms with Crippen LogP contribution >= 0.6 is 0 Å². The van der Waals surface area contributed by atoms with Gasteiger partial charge in [-0.2, -0.15) is 0 Å². The van der Waals surface area contributed by atoms with Crippen molar-refractivity contribution in [2.75, 3.05) is 20.8 Å². The highest BCUT2D eigenvalue weighted by Gasteiger charge is 2.14. The Hall–Kier alpha value is -2.04. The van der Waals surface area contributed by atoms with E-state index in [1.807, 2.05) is 30.3 Å². The monoisotopic (exact) mass is 288 g/mol. The highest BCUT2D eigenvalue weighted by molar-refractivity contribution is 5.42. The molecular weight excluding hydrogens is 268 g/mol. The van der Waals surface area contributed by atoms with E-state index in [4.69, 9.17) is 14.2 Å². The minimum atomic E-state index is -0.741. The predicted octanol–water partition coefficient (Wildman–Crippen LogP) is 2.95. The maximum Gasteiger partial charge on any atom is 0.128 e. The van der Waals surface area contributed by atoms with Gasteiger partial charge in [0.1, 0.15) is 17.6 Å². The highest BCUT2D eigenvalue weighted by Crippen LogP contribution is 2.29. The Balaban J connectivity index is 1.95. The summed E-state index contributed by atoms with van der Waals surface area (Å²) in [5.74, 6) is 1.28. The molecule has 0 bridgehead atoms. The fraction of sp³-hybridized carbons (Fsp3) is 0.294. The number of hydrogen-bond donors (Lipinski definition) is 1. The van der Waals surface area contributed by atoms with Crippen molar-refractivity contribution in [2.45, 2.75) is 12.7 Å². The van der Waals surface area contributed by atoms with Crippen LogP contribution in [0.1, 0.15) is 17.2 Å². The molecule has 0 aliphatic rings. The number of hydrogen-bond acceptors (Lipinski definition) is 4. The van der Waals surface area contributed by atoms with Crippen LogP contribution < -0.4 is 9.47 Å². The van der Waals surface area contributed by atoms with Crippen molar-refractivity contribution in [2.24, 2.45) is 0 Å². The summed E-state index contributed by atoms with van der Waals surface area (Å²) in [5.41, 5.74) is 1.76. The summed E-state index contributed by atoms with van der Waals surface area (Å²) in [6.07, 6.45) is -0.741. The van der Waals surface area contributed by atoms with E-state index in [9.17, 15) is 5.11 Å². The average Bonchev–Trinajstić information content (AvgIpc) is 2.55. The van der Waals surface area contributed by atoms with Crippen LogP contribution in [0.2, 0.25) is 0 Å². The molecule has 112 valence electrons. The van der Waals surface area contributed by atoms with E-state index < -0.39 is 6.10 Å². The average molecular weight is 288 g/mol. The standard InChI is InChI=1S/C17H20O4/c1-19-14-8-9-15(17(10-14)20-2)16(18)12-21-11-13-6-4-3-5-7-13/h3-10,16,18H,11-12H2,1-2H3. The number of rotatable bonds is 7. The maximum absolute atomic E-state index is 10.2. The first kappa shape index (κ1) is 15.4. The SMILES string of the molecule is COc1ccc(C(O)COCc2ccccc2)c(OC)c1. The molecule has 0 saturated heterocycles. The Bertz CT molecular complexity index is 554. The molecule has 0 spiro atoms. The third-order valence-corrected chi connectivity index (χ3v) is 3.19. The summed E-state index contributed by atoms with van der Waals surface area (Å²) >= 11 is 0. The molecule has 1 unspecified atom stereocenters. The number of aliphatic hydroxyl groups excluding tert-OH is 1. The van der Waals surface area contributed by atoms with Gasteiger partial charge in [-0.15, -0.1) is 0 Å². The van der Waals surface area contributed by atoms with Gasteiger partial charge in [0.2, 0.25) is 0 Å². The van der Waals surface area contributed by atoms with Gasteiger partial charge < -0.3 is 19.3 Å². The zero-order chi connectivity index (χ0) is 15.1. The van der Waals surface area contributed by atoms with Crippen LogP contribution in [0, 0.1) is 0 Å². The van der Waals surface area contributed by atoms with Crippen molar-refractivity contribution in [3.63, 3.8) is 0 Å². The second kappa shape index (κ2) is 7.67. The molecule has 2 rings (SSSR count). The van der Waals surface area contributed by atoms with E-state index in [-0.39, 0.29) is 6.61 Å². The molecule has 4 heteroatoms. The molecule has 0 aromatic heterocycles. The zero-order valence-corrected chi connectivity index (χ0v) is 12.3. The summed E-state index contributed by atoms with van der Waals surface area (Å²) in [5, 5.41) is 10.2. The summed E-state index contributed by atoms with van der Waals surface area (Å²) < 4.78 is 16.0. The topological polar surface area (TPSA) is 47.9 Å². The molecule has 0 amide bonds. The number of ether oxygens (including phenoxy) is 3. The lowest BCUT2D eigenvalue weighted by Crippen LogP contribution is -2.09. The van der Waals surface area contributed by atoms with Gasteiger partial charge in [0, 0.05) is 11.6 Å². The van der Waals surface area contributed by atoms with Crippen molar-refractivity contribution in [1.82, 2.24) is 0 Å². The summed E-state index contributed by atoms with van der Waals surface area (Å²) in [6.45, 7) is 0.675. The first-order valence-corrected chi connectivity index (χ1v) is 6.76. The molecule has 1 N–H and O–H groups in total. The van der Waals surface area contributed by atoms with E-state index in [2.05, 4.69) is 0 Å². The molecule has 0 radical (unpaired) electrons. The van der Waals surface area contributed by atoms with E-state index in [1.54, 1.807) is 32.4 Å². The van der Waals surface area contributed by atoms with Gasteiger partial charge in [0.15, 0.2) is 0 Å². The molecular formula is C17H20O4. The Morgan fingerprint density at radius 1 is 1.00 bits per heavy atom. The van der Waals surface area contributed by atoms with Crippen LogP contribution in [0.5, 0.6) is 11.5 Å². The van der Waals surface area contributed by atoms with Crippen molar-refractivity contribution >= 4 is 0 Å². The summed E-state index contributed by atoms with van der Waals surface area (Å²) in [7, 11) is 3.16. The van der Waals surface area contributed by atoms with Crippen LogP contribution in [-0.4, -0.2) is 25.9 Å². The van der Waals surface area contributed by atoms with Crippen LogP contribution in [-0.2, 0) is 11.3 Å². The van der Waals surface area contributed by atoms with E-state index in [0.717, 1.165) is 5.56 Å². The molecule has 0 aliphatic carbocycles. The molecule has 4 nitrogen and oxygen atoms in total. The molecule has 1 atom stereocenters. The normalized spacial score (nSPS) is 12.0. The van der Waals surface area contributed by atoms with Crippen LogP contribution in [0.4, 0.5) is 0 Å². The Morgan fingerprint density at radius 3 is 2.43 bits per heavy atom. The molecule has 2 aromatic rings. The third kappa shape index (κ3) is 4.21. The second-order valence-corrected chi connectivity index (χ2v) is 4.62. The Labute approximate surface area is 124 Å². The zero-order valence-electron chi connectivity index (χ0n) is 12.3. The lowest BCUT2D eigenvalue weighted by atomic mass is 10.1. The molecule has 21 heavy (non-hydrogen) atoms. The minimum Gasteiger partial charge on any atom is -0.497 e. The molecule has 0 saturated carbocycles. The largest absolute Gasteiger partial charge is 0.497 e. The van der Waals surface area contributed by atoms with Gasteiger partial charge >= 0.3 is 0 Å². The lowest BCUT2D eigenvalue weighted by molar-refractivity contribution is 0.0266. The van der Waals surface area contributed by atoms with E-state index in [0.29, 0.717) is 23.7 Å². The summed E-state index contributed by atoms with van der Waals surface area (Å²) in [6, 6.07) is 15.2. The summed E-state index contributed by atoms with van der Waals surface area (Å²) in [4.78, 5) is 0. The van der Waals surface area contributed by atoms with Gasteiger partial charge in [-0.25, -0.2) is 0 Å². The van der Waals surface area contributed by atoms with Crippen LogP contribution in [0.15, 0.2) is 48.5 Å². The van der Waals surface area contributed by atoms with Gasteiger partial charge in [0.05, 0.1) is 27.4 Å². The highest BCUT2D eigenvalue weighted by atomic mass is 16.5. The molecule has 0 aliphatic heterocycles. The van der Waals surface area contributed by atoms with Gasteiger partial charge in [-0.3, -0.25) is 0 Å². The third-order valence-electron chi connectivity index (χ3n) is 3.19. The van der Waals surface area contributed by atoms with Gasteiger partial charge in [0.25, 0.3) is 0 Å². The number of aliphatic hydroxyl groups is 1. The first-order valence-electron chi connectivity index (χ1n) is 6.76. The Kier molecular flexibility index (Phi) is 5.60. The quantitative estimate of drug-likeness (QED) is 0.851. The fourth-order valence-electron chi connectivity index (χ4n) is 2.05. The fourth-order valence-corrected chi connectivity index (χ4v) is 2.05. The maximum atomic E-state index is 10.2. The van der Waals surface area contributed by atoms with Crippen LogP contribution in [0.3, 0.4) is 0 Å². The Morgan fingerprint density at radius 2 is 1.76 bits per heavy atom. The minimum absolute atomic E-state index is 0.206. The van der Waals surface area contributed by atoms with Gasteiger partial charge in [-0.05, 0) is 17.7 Å². The smallest absolute Gasteiger partial charge is 0.128 e. The van der Waals surface area contributed by atoms with E-state index >= 15 is 0 Å². The van der Waals surface area contributed by atoms with Crippen LogP contribution in [0.25, 0.3) is 0 Å². The lowest BCUT2D eigenvalue weighted by Gasteiger charge is -2.16. The molecule has 2 aromatic carbocycles. The van der Waals surface area contributed by atoms with Crippen molar-refractivity contribution in [3.05, 3.63) is 59.7 Å². The first-order chi connectivity index (χ1) is 10.2. The van der Waals surface area contributed by atoms with Crippen molar-refractivity contribution in [3.8, 4) is 11.5 Å². The van der Waals surface area contributed by atoms with Crippen molar-refractivity contribution < 1.29 is 19.3 Å². The molecule has 0 fully saturated rings.